The van der Waals surface area contributed by atoms with Crippen LogP contribution < -0.4 is 5.73 Å². The topological polar surface area (TPSA) is 56.7 Å². The molecule has 1 unspecified atom stereocenters. The summed E-state index contributed by atoms with van der Waals surface area (Å²) >= 11 is 5.97. The van der Waals surface area contributed by atoms with Crippen LogP contribution in [0, 0.1) is 12.7 Å². The highest BCUT2D eigenvalue weighted by Gasteiger charge is 2.17. The molecule has 2 aromatic heterocycles. The molecule has 0 aliphatic heterocycles. The molecule has 0 aliphatic rings. The summed E-state index contributed by atoms with van der Waals surface area (Å²) in [6, 6.07) is 2.76. The lowest BCUT2D eigenvalue weighted by atomic mass is 10.2. The second-order valence-corrected chi connectivity index (χ2v) is 4.18. The van der Waals surface area contributed by atoms with Crippen molar-refractivity contribution in [2.24, 2.45) is 0 Å². The van der Waals surface area contributed by atoms with Gasteiger partial charge in [-0.3, -0.25) is 4.98 Å². The van der Waals surface area contributed by atoms with Gasteiger partial charge in [0.1, 0.15) is 16.7 Å². The van der Waals surface area contributed by atoms with Crippen LogP contribution in [-0.4, -0.2) is 14.8 Å². The summed E-state index contributed by atoms with van der Waals surface area (Å²) < 4.78 is 14.4. The monoisotopic (exact) mass is 254 g/mol. The van der Waals surface area contributed by atoms with E-state index in [4.69, 9.17) is 17.3 Å². The van der Waals surface area contributed by atoms with E-state index in [1.54, 1.807) is 17.7 Å². The summed E-state index contributed by atoms with van der Waals surface area (Å²) in [5.74, 6) is 0.0198. The molecule has 0 spiro atoms. The van der Waals surface area contributed by atoms with Crippen LogP contribution in [-0.2, 0) is 0 Å². The van der Waals surface area contributed by atoms with Gasteiger partial charge in [0, 0.05) is 0 Å². The van der Waals surface area contributed by atoms with Gasteiger partial charge < -0.3 is 5.73 Å². The fraction of sp³-hybridized carbons (Fsp3) is 0.273. The molecular formula is C11H12ClFN4. The number of nitrogens with two attached hydrogens (primary N) is 1. The Hall–Kier alpha value is -1.62. The van der Waals surface area contributed by atoms with Crippen LogP contribution >= 0.6 is 11.6 Å². The molecule has 2 aromatic rings. The first-order chi connectivity index (χ1) is 8.00. The molecule has 90 valence electrons. The van der Waals surface area contributed by atoms with E-state index in [0.717, 1.165) is 0 Å². The number of hydrogen-bond donors (Lipinski definition) is 1. The van der Waals surface area contributed by atoms with Crippen molar-refractivity contribution in [3.63, 3.8) is 0 Å². The van der Waals surface area contributed by atoms with Crippen molar-refractivity contribution in [3.8, 4) is 0 Å². The lowest BCUT2D eigenvalue weighted by Crippen LogP contribution is -2.13. The number of hydrogen-bond acceptors (Lipinski definition) is 3. The molecule has 0 amide bonds. The first-order valence-electron chi connectivity index (χ1n) is 5.12. The van der Waals surface area contributed by atoms with Crippen LogP contribution in [0.2, 0.25) is 5.02 Å². The van der Waals surface area contributed by atoms with Gasteiger partial charge in [-0.15, -0.1) is 0 Å². The average molecular weight is 255 g/mol. The van der Waals surface area contributed by atoms with Gasteiger partial charge in [0.25, 0.3) is 0 Å². The zero-order valence-corrected chi connectivity index (χ0v) is 10.2. The maximum atomic E-state index is 12.8. The Morgan fingerprint density at radius 1 is 1.47 bits per heavy atom. The van der Waals surface area contributed by atoms with Gasteiger partial charge in [-0.25, -0.2) is 9.07 Å². The normalized spacial score (nSPS) is 12.7. The summed E-state index contributed by atoms with van der Waals surface area (Å²) in [6.07, 6.45) is 1.17. The summed E-state index contributed by atoms with van der Waals surface area (Å²) in [5, 5.41) is 4.68. The van der Waals surface area contributed by atoms with Crippen LogP contribution in [0.1, 0.15) is 24.4 Å². The Bertz CT molecular complexity index is 535. The summed E-state index contributed by atoms with van der Waals surface area (Å²) in [6.45, 7) is 3.65. The van der Waals surface area contributed by atoms with Crippen molar-refractivity contribution in [3.05, 3.63) is 40.6 Å². The number of aromatic nitrogens is 3. The summed E-state index contributed by atoms with van der Waals surface area (Å²) in [4.78, 5) is 4.00. The van der Waals surface area contributed by atoms with Gasteiger partial charge in [-0.05, 0) is 26.0 Å². The molecule has 0 fully saturated rings. The minimum absolute atomic E-state index is 0.193. The van der Waals surface area contributed by atoms with Gasteiger partial charge in [0.05, 0.1) is 23.6 Å². The third-order valence-corrected chi connectivity index (χ3v) is 3.06. The van der Waals surface area contributed by atoms with Gasteiger partial charge in [-0.2, -0.15) is 5.10 Å². The van der Waals surface area contributed by atoms with Gasteiger partial charge in [-0.1, -0.05) is 11.6 Å². The van der Waals surface area contributed by atoms with Crippen LogP contribution in [0.25, 0.3) is 0 Å². The number of rotatable bonds is 2. The lowest BCUT2D eigenvalue weighted by molar-refractivity contribution is 0.549. The Kier molecular flexibility index (Phi) is 3.02. The average Bonchev–Trinajstić information content (AvgIpc) is 2.57. The lowest BCUT2D eigenvalue weighted by Gasteiger charge is -2.13. The second-order valence-electron chi connectivity index (χ2n) is 3.81. The SMILES string of the molecule is Cc1nn(C(C)c2ccc(F)cn2)c(N)c1Cl. The number of nitrogens with zero attached hydrogens (tertiary/aromatic N) is 3. The first-order valence-corrected chi connectivity index (χ1v) is 5.50. The van der Waals surface area contributed by atoms with E-state index in [2.05, 4.69) is 10.1 Å². The number of pyridine rings is 1. The zero-order valence-electron chi connectivity index (χ0n) is 9.48. The molecule has 6 heteroatoms. The molecule has 0 saturated carbocycles. The van der Waals surface area contributed by atoms with E-state index in [9.17, 15) is 4.39 Å². The molecule has 0 saturated heterocycles. The zero-order chi connectivity index (χ0) is 12.6. The van der Waals surface area contributed by atoms with E-state index >= 15 is 0 Å². The predicted molar refractivity (Wildman–Crippen MR) is 64.4 cm³/mol. The van der Waals surface area contributed by atoms with Crippen molar-refractivity contribution in [2.75, 3.05) is 5.73 Å². The quantitative estimate of drug-likeness (QED) is 0.896. The first kappa shape index (κ1) is 11.9. The molecule has 2 heterocycles. The summed E-state index contributed by atoms with van der Waals surface area (Å²) in [5.41, 5.74) is 7.18. The van der Waals surface area contributed by atoms with Gasteiger partial charge in [0.2, 0.25) is 0 Å². The maximum Gasteiger partial charge on any atom is 0.141 e. The molecule has 2 rings (SSSR count). The van der Waals surface area contributed by atoms with Crippen LogP contribution in [0.15, 0.2) is 18.3 Å². The van der Waals surface area contributed by atoms with E-state index in [1.165, 1.54) is 12.3 Å². The number of anilines is 1. The summed E-state index contributed by atoms with van der Waals surface area (Å²) in [7, 11) is 0. The number of aryl methyl sites for hydroxylation is 1. The standard InChI is InChI=1S/C11H12ClFN4/c1-6-10(12)11(14)17(16-6)7(2)9-4-3-8(13)5-15-9/h3-5,7H,14H2,1-2H3. The smallest absolute Gasteiger partial charge is 0.141 e. The predicted octanol–water partition coefficient (Wildman–Crippen LogP) is 2.57. The Balaban J connectivity index is 2.40. The van der Waals surface area contributed by atoms with Gasteiger partial charge in [0.15, 0.2) is 0 Å². The highest BCUT2D eigenvalue weighted by molar-refractivity contribution is 6.33. The third-order valence-electron chi connectivity index (χ3n) is 2.59. The minimum Gasteiger partial charge on any atom is -0.383 e. The van der Waals surface area contributed by atoms with E-state index in [0.29, 0.717) is 22.2 Å². The van der Waals surface area contributed by atoms with Crippen molar-refractivity contribution < 1.29 is 4.39 Å². The largest absolute Gasteiger partial charge is 0.383 e. The molecule has 0 aromatic carbocycles. The molecule has 0 bridgehead atoms. The van der Waals surface area contributed by atoms with Crippen molar-refractivity contribution in [2.45, 2.75) is 19.9 Å². The van der Waals surface area contributed by atoms with Crippen molar-refractivity contribution >= 4 is 17.4 Å². The molecule has 2 N–H and O–H groups in total. The Morgan fingerprint density at radius 2 is 2.18 bits per heavy atom. The van der Waals surface area contributed by atoms with Crippen LogP contribution in [0.4, 0.5) is 10.2 Å². The molecule has 1 atom stereocenters. The highest BCUT2D eigenvalue weighted by atomic mass is 35.5. The number of halogens is 2. The van der Waals surface area contributed by atoms with Gasteiger partial charge >= 0.3 is 0 Å². The van der Waals surface area contributed by atoms with Crippen LogP contribution in [0.5, 0.6) is 0 Å². The Morgan fingerprint density at radius 3 is 2.65 bits per heavy atom. The molecule has 4 nitrogen and oxygen atoms in total. The molecule has 0 radical (unpaired) electrons. The molecule has 0 aliphatic carbocycles. The number of nitrogen functional groups attached to an aromatic ring is 1. The van der Waals surface area contributed by atoms with Crippen molar-refractivity contribution in [1.29, 1.82) is 0 Å². The fourth-order valence-electron chi connectivity index (χ4n) is 1.60. The molecule has 17 heavy (non-hydrogen) atoms. The van der Waals surface area contributed by atoms with E-state index in [-0.39, 0.29) is 11.9 Å². The maximum absolute atomic E-state index is 12.8. The van der Waals surface area contributed by atoms with E-state index in [1.807, 2.05) is 6.92 Å². The highest BCUT2D eigenvalue weighted by Crippen LogP contribution is 2.27. The minimum atomic E-state index is -0.372. The second kappa shape index (κ2) is 4.33. The Labute approximate surface area is 103 Å². The van der Waals surface area contributed by atoms with Crippen molar-refractivity contribution in [1.82, 2.24) is 14.8 Å². The molecular weight excluding hydrogens is 243 g/mol. The fourth-order valence-corrected chi connectivity index (χ4v) is 1.72. The third kappa shape index (κ3) is 2.10. The van der Waals surface area contributed by atoms with E-state index < -0.39 is 0 Å². The van der Waals surface area contributed by atoms with Crippen LogP contribution in [0.3, 0.4) is 0 Å².